The van der Waals surface area contributed by atoms with Crippen LogP contribution in [0.1, 0.15) is 16.1 Å². The Morgan fingerprint density at radius 3 is 2.54 bits per heavy atom. The number of anilines is 2. The summed E-state index contributed by atoms with van der Waals surface area (Å²) in [6.07, 6.45) is 5.52. The third-order valence-corrected chi connectivity index (χ3v) is 3.99. The molecule has 0 unspecified atom stereocenters. The lowest BCUT2D eigenvalue weighted by Gasteiger charge is -2.17. The average molecular weight is 387 g/mol. The number of hydrogen-bond acceptors (Lipinski definition) is 5. The van der Waals surface area contributed by atoms with E-state index in [4.69, 9.17) is 0 Å². The van der Waals surface area contributed by atoms with Crippen LogP contribution in [0.15, 0.2) is 48.9 Å². The highest BCUT2D eigenvalue weighted by Gasteiger charge is 2.17. The third kappa shape index (κ3) is 4.43. The van der Waals surface area contributed by atoms with Crippen LogP contribution < -0.4 is 10.2 Å². The van der Waals surface area contributed by atoms with Crippen LogP contribution in [-0.2, 0) is 6.42 Å². The molecule has 2 heterocycles. The van der Waals surface area contributed by atoms with Crippen LogP contribution in [0.2, 0.25) is 0 Å². The number of amides is 1. The second-order valence-electron chi connectivity index (χ2n) is 5.95. The Labute approximate surface area is 159 Å². The van der Waals surface area contributed by atoms with Crippen molar-refractivity contribution in [3.05, 3.63) is 77.6 Å². The van der Waals surface area contributed by atoms with Crippen molar-refractivity contribution < 1.29 is 18.0 Å². The fourth-order valence-corrected chi connectivity index (χ4v) is 2.41. The predicted molar refractivity (Wildman–Crippen MR) is 97.5 cm³/mol. The highest BCUT2D eigenvalue weighted by atomic mass is 19.2. The van der Waals surface area contributed by atoms with Crippen molar-refractivity contribution in [2.45, 2.75) is 6.42 Å². The molecule has 28 heavy (non-hydrogen) atoms. The molecule has 0 saturated heterocycles. The van der Waals surface area contributed by atoms with Crippen molar-refractivity contribution in [3.63, 3.8) is 0 Å². The summed E-state index contributed by atoms with van der Waals surface area (Å²) in [4.78, 5) is 26.3. The zero-order chi connectivity index (χ0) is 20.1. The minimum absolute atomic E-state index is 0.0371. The summed E-state index contributed by atoms with van der Waals surface area (Å²) in [5.74, 6) is -4.94. The SMILES string of the molecule is CN(CCc1ccncc1)c1nccc(C(=O)Nc2ccc(F)c(F)c2F)n1. The van der Waals surface area contributed by atoms with E-state index in [1.54, 1.807) is 24.3 Å². The Morgan fingerprint density at radius 1 is 1.04 bits per heavy atom. The van der Waals surface area contributed by atoms with E-state index in [0.717, 1.165) is 24.1 Å². The van der Waals surface area contributed by atoms with Gasteiger partial charge in [0.05, 0.1) is 5.69 Å². The van der Waals surface area contributed by atoms with Gasteiger partial charge in [0.1, 0.15) is 5.69 Å². The second kappa shape index (κ2) is 8.47. The Balaban J connectivity index is 1.70. The molecular weight excluding hydrogens is 371 g/mol. The molecule has 0 radical (unpaired) electrons. The number of aromatic nitrogens is 3. The molecule has 1 amide bonds. The van der Waals surface area contributed by atoms with Crippen LogP contribution in [-0.4, -0.2) is 34.5 Å². The number of carbonyl (C=O) groups is 1. The van der Waals surface area contributed by atoms with Crippen LogP contribution in [0.3, 0.4) is 0 Å². The molecule has 1 aromatic carbocycles. The van der Waals surface area contributed by atoms with E-state index >= 15 is 0 Å². The van der Waals surface area contributed by atoms with Crippen LogP contribution in [0.4, 0.5) is 24.8 Å². The standard InChI is InChI=1S/C19H16F3N5O/c1-27(11-7-12-4-8-23-9-5-12)19-24-10-6-15(26-19)18(28)25-14-3-2-13(20)16(21)17(14)22/h2-6,8-10H,7,11H2,1H3,(H,25,28). The lowest BCUT2D eigenvalue weighted by molar-refractivity contribution is 0.102. The summed E-state index contributed by atoms with van der Waals surface area (Å²) in [6, 6.07) is 6.80. The highest BCUT2D eigenvalue weighted by Crippen LogP contribution is 2.20. The fourth-order valence-electron chi connectivity index (χ4n) is 2.41. The van der Waals surface area contributed by atoms with Gasteiger partial charge in [-0.25, -0.2) is 23.1 Å². The lowest BCUT2D eigenvalue weighted by Crippen LogP contribution is -2.24. The van der Waals surface area contributed by atoms with Crippen LogP contribution >= 0.6 is 0 Å². The van der Waals surface area contributed by atoms with Gasteiger partial charge >= 0.3 is 0 Å². The van der Waals surface area contributed by atoms with Crippen molar-refractivity contribution in [2.75, 3.05) is 23.8 Å². The minimum Gasteiger partial charge on any atom is -0.344 e. The molecule has 0 atom stereocenters. The summed E-state index contributed by atoms with van der Waals surface area (Å²) in [5, 5.41) is 2.18. The maximum Gasteiger partial charge on any atom is 0.274 e. The van der Waals surface area contributed by atoms with Crippen LogP contribution in [0.25, 0.3) is 0 Å². The summed E-state index contributed by atoms with van der Waals surface area (Å²) < 4.78 is 40.0. The maximum atomic E-state index is 13.7. The summed E-state index contributed by atoms with van der Waals surface area (Å²) in [5.41, 5.74) is 0.574. The topological polar surface area (TPSA) is 71.0 Å². The van der Waals surface area contributed by atoms with Gasteiger partial charge in [0.15, 0.2) is 17.5 Å². The molecule has 2 aromatic heterocycles. The Bertz CT molecular complexity index is 985. The molecule has 0 bridgehead atoms. The Morgan fingerprint density at radius 2 is 1.79 bits per heavy atom. The molecule has 3 rings (SSSR count). The quantitative estimate of drug-likeness (QED) is 0.658. The first kappa shape index (κ1) is 19.3. The fraction of sp³-hybridized carbons (Fsp3) is 0.158. The normalized spacial score (nSPS) is 10.6. The molecule has 0 spiro atoms. The third-order valence-electron chi connectivity index (χ3n) is 3.99. The molecule has 0 aliphatic heterocycles. The van der Waals surface area contributed by atoms with E-state index in [1.807, 2.05) is 12.1 Å². The molecule has 0 saturated carbocycles. The van der Waals surface area contributed by atoms with Gasteiger partial charge in [-0.2, -0.15) is 0 Å². The van der Waals surface area contributed by atoms with Crippen molar-refractivity contribution in [3.8, 4) is 0 Å². The largest absolute Gasteiger partial charge is 0.344 e. The monoisotopic (exact) mass is 387 g/mol. The van der Waals surface area contributed by atoms with Crippen LogP contribution in [0, 0.1) is 17.5 Å². The van der Waals surface area contributed by atoms with Crippen LogP contribution in [0.5, 0.6) is 0 Å². The van der Waals surface area contributed by atoms with E-state index in [2.05, 4.69) is 20.3 Å². The van der Waals surface area contributed by atoms with E-state index in [9.17, 15) is 18.0 Å². The number of rotatable bonds is 6. The molecular formula is C19H16F3N5O. The molecule has 3 aromatic rings. The number of hydrogen-bond donors (Lipinski definition) is 1. The molecule has 0 aliphatic rings. The van der Waals surface area contributed by atoms with E-state index < -0.39 is 29.0 Å². The number of carbonyl (C=O) groups excluding carboxylic acids is 1. The smallest absolute Gasteiger partial charge is 0.274 e. The molecule has 1 N–H and O–H groups in total. The van der Waals surface area contributed by atoms with Gasteiger partial charge in [0, 0.05) is 32.2 Å². The summed E-state index contributed by atoms with van der Waals surface area (Å²) >= 11 is 0. The van der Waals surface area contributed by atoms with Gasteiger partial charge in [-0.3, -0.25) is 9.78 Å². The van der Waals surface area contributed by atoms with E-state index in [-0.39, 0.29) is 5.69 Å². The van der Waals surface area contributed by atoms with Gasteiger partial charge in [-0.15, -0.1) is 0 Å². The molecule has 6 nitrogen and oxygen atoms in total. The van der Waals surface area contributed by atoms with Gasteiger partial charge < -0.3 is 10.2 Å². The summed E-state index contributed by atoms with van der Waals surface area (Å²) in [7, 11) is 1.77. The van der Waals surface area contributed by atoms with Gasteiger partial charge in [-0.05, 0) is 42.3 Å². The molecule has 0 aliphatic carbocycles. The number of halogens is 3. The zero-order valence-corrected chi connectivity index (χ0v) is 14.9. The Hall–Kier alpha value is -3.49. The van der Waals surface area contributed by atoms with Crippen molar-refractivity contribution in [2.24, 2.45) is 0 Å². The number of pyridine rings is 1. The molecule has 0 fully saturated rings. The number of benzene rings is 1. The highest BCUT2D eigenvalue weighted by molar-refractivity contribution is 6.03. The average Bonchev–Trinajstić information content (AvgIpc) is 2.73. The van der Waals surface area contributed by atoms with Crippen molar-refractivity contribution in [1.82, 2.24) is 15.0 Å². The minimum atomic E-state index is -1.66. The first-order valence-corrected chi connectivity index (χ1v) is 8.33. The zero-order valence-electron chi connectivity index (χ0n) is 14.9. The predicted octanol–water partition coefficient (Wildman–Crippen LogP) is 3.22. The number of nitrogens with one attached hydrogen (secondary N) is 1. The first-order valence-electron chi connectivity index (χ1n) is 8.33. The van der Waals surface area contributed by atoms with E-state index in [0.29, 0.717) is 12.5 Å². The Kier molecular flexibility index (Phi) is 5.83. The van der Waals surface area contributed by atoms with Crippen molar-refractivity contribution >= 4 is 17.5 Å². The number of nitrogens with zero attached hydrogens (tertiary/aromatic N) is 4. The lowest BCUT2D eigenvalue weighted by atomic mass is 10.2. The van der Waals surface area contributed by atoms with E-state index in [1.165, 1.54) is 12.3 Å². The van der Waals surface area contributed by atoms with Gasteiger partial charge in [0.25, 0.3) is 5.91 Å². The van der Waals surface area contributed by atoms with Gasteiger partial charge in [0.2, 0.25) is 5.95 Å². The van der Waals surface area contributed by atoms with Crippen molar-refractivity contribution in [1.29, 1.82) is 0 Å². The first-order chi connectivity index (χ1) is 13.5. The van der Waals surface area contributed by atoms with Gasteiger partial charge in [-0.1, -0.05) is 0 Å². The second-order valence-corrected chi connectivity index (χ2v) is 5.95. The molecule has 9 heteroatoms. The molecule has 144 valence electrons. The maximum absolute atomic E-state index is 13.7. The number of likely N-dealkylation sites (N-methyl/N-ethyl adjacent to an activating group) is 1. The summed E-state index contributed by atoms with van der Waals surface area (Å²) in [6.45, 7) is 0.590.